The van der Waals surface area contributed by atoms with Crippen molar-refractivity contribution in [2.45, 2.75) is 32.7 Å². The van der Waals surface area contributed by atoms with E-state index in [4.69, 9.17) is 4.98 Å². The molecule has 138 valence electrons. The number of aromatic nitrogens is 3. The Morgan fingerprint density at radius 1 is 1.26 bits per heavy atom. The minimum absolute atomic E-state index is 0.0963. The van der Waals surface area contributed by atoms with Crippen LogP contribution in [-0.2, 0) is 4.79 Å². The van der Waals surface area contributed by atoms with Crippen molar-refractivity contribution in [2.24, 2.45) is 0 Å². The number of nitrogens with one attached hydrogen (secondary N) is 1. The molecule has 4 rings (SSSR count). The quantitative estimate of drug-likeness (QED) is 0.730. The predicted molar refractivity (Wildman–Crippen MR) is 107 cm³/mol. The van der Waals surface area contributed by atoms with Gasteiger partial charge in [-0.1, -0.05) is 6.07 Å². The van der Waals surface area contributed by atoms with Crippen molar-refractivity contribution < 1.29 is 4.79 Å². The highest BCUT2D eigenvalue weighted by molar-refractivity contribution is 7.15. The van der Waals surface area contributed by atoms with E-state index in [1.54, 1.807) is 24.5 Å². The normalized spacial score (nSPS) is 16.5. The number of nitrogens with zero attached hydrogens (tertiary/aromatic N) is 4. The average Bonchev–Trinajstić information content (AvgIpc) is 3.31. The molecule has 1 N–H and O–H groups in total. The zero-order valence-corrected chi connectivity index (χ0v) is 16.2. The van der Waals surface area contributed by atoms with Crippen LogP contribution in [0.4, 0.5) is 11.6 Å². The summed E-state index contributed by atoms with van der Waals surface area (Å²) in [4.78, 5) is 28.3. The van der Waals surface area contributed by atoms with Crippen LogP contribution in [0.25, 0.3) is 10.6 Å². The van der Waals surface area contributed by atoms with Crippen molar-refractivity contribution in [1.82, 2.24) is 19.9 Å². The predicted octanol–water partition coefficient (Wildman–Crippen LogP) is 4.34. The molecule has 1 atom stereocenters. The minimum atomic E-state index is 0.0963. The van der Waals surface area contributed by atoms with Gasteiger partial charge in [-0.2, -0.15) is 0 Å². The van der Waals surface area contributed by atoms with E-state index in [0.717, 1.165) is 52.2 Å². The van der Waals surface area contributed by atoms with E-state index < -0.39 is 0 Å². The summed E-state index contributed by atoms with van der Waals surface area (Å²) in [5, 5.41) is 4.23. The summed E-state index contributed by atoms with van der Waals surface area (Å²) in [5.41, 5.74) is 2.01. The fourth-order valence-corrected chi connectivity index (χ4v) is 4.37. The van der Waals surface area contributed by atoms with E-state index >= 15 is 0 Å². The second kappa shape index (κ2) is 7.44. The lowest BCUT2D eigenvalue weighted by Crippen LogP contribution is -2.27. The maximum atomic E-state index is 11.8. The Bertz CT molecular complexity index is 970. The Labute approximate surface area is 162 Å². The van der Waals surface area contributed by atoms with Gasteiger partial charge < -0.3 is 10.2 Å². The number of amides is 1. The van der Waals surface area contributed by atoms with Gasteiger partial charge in [-0.3, -0.25) is 4.79 Å². The molecule has 0 unspecified atom stereocenters. The lowest BCUT2D eigenvalue weighted by molar-refractivity contribution is -0.129. The SMILES string of the molecule is CC(=O)N1CCC[C@H]1c1ncc(-c2cccc(Nc3cc(C)ccn3)n2)s1. The smallest absolute Gasteiger partial charge is 0.220 e. The van der Waals surface area contributed by atoms with Gasteiger partial charge in [-0.05, 0) is 49.6 Å². The first-order chi connectivity index (χ1) is 13.1. The van der Waals surface area contributed by atoms with Crippen LogP contribution in [0.5, 0.6) is 0 Å². The highest BCUT2D eigenvalue weighted by Gasteiger charge is 2.30. The highest BCUT2D eigenvalue weighted by Crippen LogP contribution is 2.37. The maximum Gasteiger partial charge on any atom is 0.220 e. The standard InChI is InChI=1S/C20H21N5OS/c1-13-8-9-21-19(11-13)24-18-7-3-5-15(23-18)17-12-22-20(27-17)16-6-4-10-25(16)14(2)26/h3,5,7-9,11-12,16H,4,6,10H2,1-2H3,(H,21,23,24)/t16-/m0/s1. The largest absolute Gasteiger partial charge is 0.333 e. The molecule has 0 radical (unpaired) electrons. The molecule has 0 aromatic carbocycles. The van der Waals surface area contributed by atoms with Gasteiger partial charge in [-0.15, -0.1) is 11.3 Å². The Kier molecular flexibility index (Phi) is 4.85. The summed E-state index contributed by atoms with van der Waals surface area (Å²) < 4.78 is 0. The number of anilines is 2. The van der Waals surface area contributed by atoms with Gasteiger partial charge in [-0.25, -0.2) is 15.0 Å². The molecule has 0 saturated carbocycles. The minimum Gasteiger partial charge on any atom is -0.333 e. The van der Waals surface area contributed by atoms with Crippen molar-refractivity contribution in [3.63, 3.8) is 0 Å². The molecule has 6 nitrogen and oxygen atoms in total. The molecule has 0 bridgehead atoms. The van der Waals surface area contributed by atoms with E-state index in [1.165, 1.54) is 0 Å². The van der Waals surface area contributed by atoms with Crippen LogP contribution in [0.1, 0.15) is 36.4 Å². The average molecular weight is 379 g/mol. The molecule has 27 heavy (non-hydrogen) atoms. The third-order valence-electron chi connectivity index (χ3n) is 4.64. The number of aryl methyl sites for hydroxylation is 1. The van der Waals surface area contributed by atoms with Crippen molar-refractivity contribution in [2.75, 3.05) is 11.9 Å². The number of rotatable bonds is 4. The molecule has 7 heteroatoms. The number of likely N-dealkylation sites (tertiary alicyclic amines) is 1. The van der Waals surface area contributed by atoms with Crippen LogP contribution in [0.3, 0.4) is 0 Å². The lowest BCUT2D eigenvalue weighted by atomic mass is 10.2. The van der Waals surface area contributed by atoms with E-state index in [-0.39, 0.29) is 11.9 Å². The summed E-state index contributed by atoms with van der Waals surface area (Å²) in [7, 11) is 0. The van der Waals surface area contributed by atoms with Gasteiger partial charge in [0.25, 0.3) is 0 Å². The molecule has 1 aliphatic heterocycles. The lowest BCUT2D eigenvalue weighted by Gasteiger charge is -2.21. The van der Waals surface area contributed by atoms with Crippen molar-refractivity contribution in [3.8, 4) is 10.6 Å². The monoisotopic (exact) mass is 379 g/mol. The van der Waals surface area contributed by atoms with Crippen LogP contribution in [0, 0.1) is 6.92 Å². The van der Waals surface area contributed by atoms with Crippen LogP contribution in [0.2, 0.25) is 0 Å². The molecule has 0 spiro atoms. The van der Waals surface area contributed by atoms with E-state index in [9.17, 15) is 4.79 Å². The highest BCUT2D eigenvalue weighted by atomic mass is 32.1. The zero-order chi connectivity index (χ0) is 18.8. The summed E-state index contributed by atoms with van der Waals surface area (Å²) in [5.74, 6) is 1.63. The molecule has 1 fully saturated rings. The van der Waals surface area contributed by atoms with Crippen molar-refractivity contribution in [1.29, 1.82) is 0 Å². The summed E-state index contributed by atoms with van der Waals surface area (Å²) >= 11 is 1.61. The maximum absolute atomic E-state index is 11.8. The van der Waals surface area contributed by atoms with Gasteiger partial charge in [0, 0.05) is 25.9 Å². The van der Waals surface area contributed by atoms with E-state index in [0.29, 0.717) is 0 Å². The summed E-state index contributed by atoms with van der Waals surface area (Å²) in [6.45, 7) is 4.47. The Morgan fingerprint density at radius 3 is 2.96 bits per heavy atom. The molecule has 0 aliphatic carbocycles. The van der Waals surface area contributed by atoms with E-state index in [2.05, 4.69) is 15.3 Å². The molecule has 1 amide bonds. The van der Waals surface area contributed by atoms with Gasteiger partial charge in [0.1, 0.15) is 16.6 Å². The molecule has 3 aromatic rings. The first-order valence-electron chi connectivity index (χ1n) is 9.00. The van der Waals surface area contributed by atoms with Gasteiger partial charge >= 0.3 is 0 Å². The molecule has 1 aliphatic rings. The first-order valence-corrected chi connectivity index (χ1v) is 9.82. The molecule has 3 aromatic heterocycles. The second-order valence-corrected chi connectivity index (χ2v) is 7.75. The summed E-state index contributed by atoms with van der Waals surface area (Å²) in [6.07, 6.45) is 5.63. The number of thiazole rings is 1. The third kappa shape index (κ3) is 3.83. The Morgan fingerprint density at radius 2 is 2.15 bits per heavy atom. The van der Waals surface area contributed by atoms with Crippen LogP contribution in [-0.4, -0.2) is 32.3 Å². The zero-order valence-electron chi connectivity index (χ0n) is 15.3. The van der Waals surface area contributed by atoms with E-state index in [1.807, 2.05) is 48.4 Å². The van der Waals surface area contributed by atoms with Crippen LogP contribution in [0.15, 0.2) is 42.7 Å². The Balaban J connectivity index is 1.56. The fraction of sp³-hybridized carbons (Fsp3) is 0.300. The number of hydrogen-bond acceptors (Lipinski definition) is 6. The van der Waals surface area contributed by atoms with Gasteiger partial charge in [0.15, 0.2) is 0 Å². The van der Waals surface area contributed by atoms with Crippen molar-refractivity contribution in [3.05, 3.63) is 53.3 Å². The third-order valence-corrected chi connectivity index (χ3v) is 5.76. The van der Waals surface area contributed by atoms with Crippen molar-refractivity contribution >= 4 is 28.9 Å². The summed E-state index contributed by atoms with van der Waals surface area (Å²) in [6, 6.07) is 9.90. The first kappa shape index (κ1) is 17.6. The molecular formula is C20H21N5OS. The molecule has 1 saturated heterocycles. The van der Waals surface area contributed by atoms with Crippen LogP contribution >= 0.6 is 11.3 Å². The number of hydrogen-bond donors (Lipinski definition) is 1. The van der Waals surface area contributed by atoms with Gasteiger partial charge in [0.05, 0.1) is 16.6 Å². The molecular weight excluding hydrogens is 358 g/mol. The Hall–Kier alpha value is -2.80. The fourth-order valence-electron chi connectivity index (χ4n) is 3.34. The van der Waals surface area contributed by atoms with Gasteiger partial charge in [0.2, 0.25) is 5.91 Å². The number of carbonyl (C=O) groups excluding carboxylic acids is 1. The second-order valence-electron chi connectivity index (χ2n) is 6.68. The number of pyridine rings is 2. The van der Waals surface area contributed by atoms with Crippen LogP contribution < -0.4 is 5.32 Å². The topological polar surface area (TPSA) is 71.0 Å². The molecule has 4 heterocycles. The number of carbonyl (C=O) groups is 1.